The maximum Gasteiger partial charge on any atom is 0.303 e. The lowest BCUT2D eigenvalue weighted by atomic mass is 9.87. The first-order valence-electron chi connectivity index (χ1n) is 9.15. The maximum absolute atomic E-state index is 12.0. The van der Waals surface area contributed by atoms with Crippen molar-refractivity contribution in [1.82, 2.24) is 0 Å². The van der Waals surface area contributed by atoms with E-state index in [2.05, 4.69) is 6.92 Å². The van der Waals surface area contributed by atoms with Crippen LogP contribution in [0.3, 0.4) is 0 Å². The lowest BCUT2D eigenvalue weighted by Gasteiger charge is -2.16. The minimum Gasteiger partial charge on any atom is -0.481 e. The number of Topliss-reactive ketones (excluding diaryl/α,β-unsaturated/α-hetero) is 1. The molecule has 0 saturated carbocycles. The molecule has 0 saturated heterocycles. The van der Waals surface area contributed by atoms with Crippen molar-refractivity contribution in [3.63, 3.8) is 0 Å². The van der Waals surface area contributed by atoms with E-state index in [1.807, 2.05) is 18.2 Å². The fourth-order valence-electron chi connectivity index (χ4n) is 3.03. The second-order valence-electron chi connectivity index (χ2n) is 6.56. The van der Waals surface area contributed by atoms with E-state index in [4.69, 9.17) is 5.11 Å². The van der Waals surface area contributed by atoms with Crippen LogP contribution in [0.25, 0.3) is 0 Å². The van der Waals surface area contributed by atoms with E-state index in [9.17, 15) is 14.4 Å². The molecule has 134 valence electrons. The molecule has 0 aromatic carbocycles. The number of carboxylic acids is 1. The van der Waals surface area contributed by atoms with Crippen molar-refractivity contribution in [1.29, 1.82) is 0 Å². The highest BCUT2D eigenvalue weighted by atomic mass is 16.4. The Morgan fingerprint density at radius 3 is 2.62 bits per heavy atom. The molecule has 0 aromatic rings. The van der Waals surface area contributed by atoms with E-state index in [1.54, 1.807) is 6.08 Å². The Balaban J connectivity index is 2.29. The van der Waals surface area contributed by atoms with Crippen LogP contribution in [0.1, 0.15) is 71.1 Å². The van der Waals surface area contributed by atoms with Crippen LogP contribution in [0.15, 0.2) is 24.3 Å². The highest BCUT2D eigenvalue weighted by molar-refractivity contribution is 5.94. The van der Waals surface area contributed by atoms with Gasteiger partial charge in [0.1, 0.15) is 5.78 Å². The van der Waals surface area contributed by atoms with Gasteiger partial charge in [-0.15, -0.1) is 0 Å². The SMILES string of the molecule is CCCCCC(=O)CCC1C=CC(=O)C1C/C=C\CCCC(=O)O. The largest absolute Gasteiger partial charge is 0.481 e. The number of rotatable bonds is 13. The zero-order valence-corrected chi connectivity index (χ0v) is 14.7. The topological polar surface area (TPSA) is 71.4 Å². The Morgan fingerprint density at radius 2 is 1.92 bits per heavy atom. The van der Waals surface area contributed by atoms with Crippen LogP contribution in [0, 0.1) is 11.8 Å². The molecule has 0 amide bonds. The van der Waals surface area contributed by atoms with Crippen LogP contribution in [0.2, 0.25) is 0 Å². The summed E-state index contributed by atoms with van der Waals surface area (Å²) in [6.07, 6.45) is 14.9. The summed E-state index contributed by atoms with van der Waals surface area (Å²) in [4.78, 5) is 34.3. The number of ketones is 2. The van der Waals surface area contributed by atoms with Gasteiger partial charge in [-0.05, 0) is 44.1 Å². The number of unbranched alkanes of at least 4 members (excludes halogenated alkanes) is 3. The predicted molar refractivity (Wildman–Crippen MR) is 94.8 cm³/mol. The summed E-state index contributed by atoms with van der Waals surface area (Å²) >= 11 is 0. The van der Waals surface area contributed by atoms with Crippen molar-refractivity contribution >= 4 is 17.5 Å². The molecular formula is C20H30O4. The molecule has 1 rings (SSSR count). The van der Waals surface area contributed by atoms with E-state index in [1.165, 1.54) is 0 Å². The van der Waals surface area contributed by atoms with E-state index >= 15 is 0 Å². The third-order valence-corrected chi connectivity index (χ3v) is 4.52. The number of hydrogen-bond donors (Lipinski definition) is 1. The Morgan fingerprint density at radius 1 is 1.12 bits per heavy atom. The number of carbonyl (C=O) groups is 3. The van der Waals surface area contributed by atoms with E-state index in [-0.39, 0.29) is 24.0 Å². The first kappa shape index (κ1) is 20.3. The molecule has 0 bridgehead atoms. The molecule has 1 N–H and O–H groups in total. The molecule has 0 fully saturated rings. The molecule has 24 heavy (non-hydrogen) atoms. The molecule has 2 atom stereocenters. The number of carboxylic acid groups (broad SMARTS) is 1. The molecular weight excluding hydrogens is 304 g/mol. The van der Waals surface area contributed by atoms with Crippen LogP contribution in [0.4, 0.5) is 0 Å². The van der Waals surface area contributed by atoms with Crippen LogP contribution in [-0.2, 0) is 14.4 Å². The lowest BCUT2D eigenvalue weighted by Crippen LogP contribution is -2.16. The Bertz CT molecular complexity index is 476. The van der Waals surface area contributed by atoms with Gasteiger partial charge in [-0.3, -0.25) is 14.4 Å². The average Bonchev–Trinajstić information content (AvgIpc) is 2.89. The van der Waals surface area contributed by atoms with Crippen molar-refractivity contribution < 1.29 is 19.5 Å². The minimum absolute atomic E-state index is 0.0517. The third kappa shape index (κ3) is 8.23. The van der Waals surface area contributed by atoms with Crippen LogP contribution in [0.5, 0.6) is 0 Å². The summed E-state index contributed by atoms with van der Waals surface area (Å²) in [6, 6.07) is 0. The van der Waals surface area contributed by atoms with Gasteiger partial charge in [0, 0.05) is 25.2 Å². The van der Waals surface area contributed by atoms with Gasteiger partial charge in [-0.1, -0.05) is 38.0 Å². The maximum atomic E-state index is 12.0. The van der Waals surface area contributed by atoms with Crippen LogP contribution >= 0.6 is 0 Å². The van der Waals surface area contributed by atoms with Crippen molar-refractivity contribution in [2.24, 2.45) is 11.8 Å². The van der Waals surface area contributed by atoms with E-state index < -0.39 is 5.97 Å². The standard InChI is InChI=1S/C20H30O4/c1-2-3-6-9-17(21)14-12-16-13-15-19(22)18(16)10-7-4-5-8-11-20(23)24/h4,7,13,15-16,18H,2-3,5-6,8-12,14H2,1H3,(H,23,24)/b7-4-. The highest BCUT2D eigenvalue weighted by Crippen LogP contribution is 2.30. The summed E-state index contributed by atoms with van der Waals surface area (Å²) in [7, 11) is 0. The molecule has 0 aromatic heterocycles. The van der Waals surface area contributed by atoms with Gasteiger partial charge in [-0.25, -0.2) is 0 Å². The monoisotopic (exact) mass is 334 g/mol. The molecule has 1 aliphatic carbocycles. The Kier molecular flexibility index (Phi) is 9.97. The first-order valence-corrected chi connectivity index (χ1v) is 9.15. The third-order valence-electron chi connectivity index (χ3n) is 4.52. The summed E-state index contributed by atoms with van der Waals surface area (Å²) in [5.41, 5.74) is 0. The number of hydrogen-bond acceptors (Lipinski definition) is 3. The highest BCUT2D eigenvalue weighted by Gasteiger charge is 2.28. The summed E-state index contributed by atoms with van der Waals surface area (Å²) in [5, 5.41) is 8.58. The van der Waals surface area contributed by atoms with Crippen LogP contribution < -0.4 is 0 Å². The minimum atomic E-state index is -0.776. The van der Waals surface area contributed by atoms with Crippen molar-refractivity contribution in [3.05, 3.63) is 24.3 Å². The van der Waals surface area contributed by atoms with Crippen molar-refractivity contribution in [2.45, 2.75) is 71.1 Å². The van der Waals surface area contributed by atoms with Crippen LogP contribution in [-0.4, -0.2) is 22.6 Å². The molecule has 0 spiro atoms. The number of allylic oxidation sites excluding steroid dienone is 4. The van der Waals surface area contributed by atoms with Gasteiger partial charge in [0.05, 0.1) is 0 Å². The van der Waals surface area contributed by atoms with Gasteiger partial charge in [-0.2, -0.15) is 0 Å². The van der Waals surface area contributed by atoms with Crippen molar-refractivity contribution in [3.8, 4) is 0 Å². The summed E-state index contributed by atoms with van der Waals surface area (Å²) in [6.45, 7) is 2.12. The Labute approximate surface area is 145 Å². The molecule has 4 heteroatoms. The molecule has 1 aliphatic rings. The quantitative estimate of drug-likeness (QED) is 0.398. The molecule has 0 aliphatic heterocycles. The summed E-state index contributed by atoms with van der Waals surface area (Å²) in [5.74, 6) is -0.213. The molecule has 0 radical (unpaired) electrons. The Hall–Kier alpha value is -1.71. The van der Waals surface area contributed by atoms with Gasteiger partial charge < -0.3 is 5.11 Å². The molecule has 4 nitrogen and oxygen atoms in total. The second-order valence-corrected chi connectivity index (χ2v) is 6.56. The zero-order valence-electron chi connectivity index (χ0n) is 14.7. The smallest absolute Gasteiger partial charge is 0.303 e. The number of carbonyl (C=O) groups excluding carboxylic acids is 2. The average molecular weight is 334 g/mol. The normalized spacial score (nSPS) is 20.1. The van der Waals surface area contributed by atoms with Gasteiger partial charge >= 0.3 is 5.97 Å². The van der Waals surface area contributed by atoms with Gasteiger partial charge in [0.15, 0.2) is 5.78 Å². The van der Waals surface area contributed by atoms with E-state index in [0.717, 1.165) is 32.1 Å². The molecule has 2 unspecified atom stereocenters. The molecule has 0 heterocycles. The van der Waals surface area contributed by atoms with Crippen molar-refractivity contribution in [2.75, 3.05) is 0 Å². The first-order chi connectivity index (χ1) is 11.5. The fraction of sp³-hybridized carbons (Fsp3) is 0.650. The van der Waals surface area contributed by atoms with Gasteiger partial charge in [0.25, 0.3) is 0 Å². The number of aliphatic carboxylic acids is 1. The van der Waals surface area contributed by atoms with E-state index in [0.29, 0.717) is 31.5 Å². The summed E-state index contributed by atoms with van der Waals surface area (Å²) < 4.78 is 0. The lowest BCUT2D eigenvalue weighted by molar-refractivity contribution is -0.137. The fourth-order valence-corrected chi connectivity index (χ4v) is 3.03. The predicted octanol–water partition coefficient (Wildman–Crippen LogP) is 4.49. The second kappa shape index (κ2) is 11.8. The van der Waals surface area contributed by atoms with Gasteiger partial charge in [0.2, 0.25) is 0 Å². The zero-order chi connectivity index (χ0) is 17.8.